The van der Waals surface area contributed by atoms with E-state index in [0.29, 0.717) is 6.61 Å². The second kappa shape index (κ2) is 4.47. The summed E-state index contributed by atoms with van der Waals surface area (Å²) in [5.41, 5.74) is 2.14. The minimum Gasteiger partial charge on any atom is -0.411 e. The summed E-state index contributed by atoms with van der Waals surface area (Å²) in [6.07, 6.45) is -0.0116. The normalized spacial score (nSPS) is 30.9. The topological polar surface area (TPSA) is 45.1 Å². The van der Waals surface area contributed by atoms with E-state index in [4.69, 9.17) is 9.94 Å². The van der Waals surface area contributed by atoms with Crippen molar-refractivity contribution < 1.29 is 9.94 Å². The van der Waals surface area contributed by atoms with Crippen LogP contribution in [-0.4, -0.2) is 41.6 Å². The maximum atomic E-state index is 8.94. The molecule has 0 aromatic heterocycles. The van der Waals surface area contributed by atoms with Crippen LogP contribution in [-0.2, 0) is 11.3 Å². The molecule has 2 saturated heterocycles. The molecule has 2 unspecified atom stereocenters. The summed E-state index contributed by atoms with van der Waals surface area (Å²) in [5, 5.41) is 12.3. The molecule has 2 atom stereocenters. The molecule has 0 amide bonds. The zero-order valence-corrected chi connectivity index (χ0v) is 9.62. The first-order valence-corrected chi connectivity index (χ1v) is 5.96. The Balaban J connectivity index is 1.69. The largest absolute Gasteiger partial charge is 0.411 e. The van der Waals surface area contributed by atoms with E-state index >= 15 is 0 Å². The summed E-state index contributed by atoms with van der Waals surface area (Å²) in [6, 6.07) is 10.4. The molecule has 2 fully saturated rings. The quantitative estimate of drug-likeness (QED) is 0.618. The number of rotatable bonds is 2. The Morgan fingerprint density at radius 2 is 2.12 bits per heavy atom. The lowest BCUT2D eigenvalue weighted by atomic mass is 9.97. The van der Waals surface area contributed by atoms with Gasteiger partial charge in [-0.1, -0.05) is 35.5 Å². The molecule has 2 aliphatic rings. The molecular weight excluding hydrogens is 216 g/mol. The summed E-state index contributed by atoms with van der Waals surface area (Å²) in [4.78, 5) is 2.37. The molecule has 0 radical (unpaired) electrons. The highest BCUT2D eigenvalue weighted by molar-refractivity contribution is 5.93. The van der Waals surface area contributed by atoms with Crippen molar-refractivity contribution in [2.24, 2.45) is 11.1 Å². The van der Waals surface area contributed by atoms with Crippen molar-refractivity contribution in [3.8, 4) is 0 Å². The molecular formula is C13H16N2O2. The van der Waals surface area contributed by atoms with E-state index in [1.165, 1.54) is 5.56 Å². The zero-order valence-electron chi connectivity index (χ0n) is 9.62. The molecule has 2 aliphatic heterocycles. The monoisotopic (exact) mass is 232 g/mol. The first-order chi connectivity index (χ1) is 8.36. The summed E-state index contributed by atoms with van der Waals surface area (Å²) in [7, 11) is 0. The van der Waals surface area contributed by atoms with Crippen LogP contribution in [0.1, 0.15) is 5.56 Å². The number of nitrogens with zero attached hydrogens (tertiary/aromatic N) is 2. The lowest BCUT2D eigenvalue weighted by molar-refractivity contribution is 0.115. The second-order valence-corrected chi connectivity index (χ2v) is 4.72. The third-order valence-electron chi connectivity index (χ3n) is 3.51. The van der Waals surface area contributed by atoms with Crippen LogP contribution in [0.15, 0.2) is 35.5 Å². The van der Waals surface area contributed by atoms with Crippen LogP contribution >= 0.6 is 0 Å². The Morgan fingerprint density at radius 3 is 2.82 bits per heavy atom. The number of ether oxygens (including phenoxy) is 1. The van der Waals surface area contributed by atoms with Crippen molar-refractivity contribution in [3.63, 3.8) is 0 Å². The molecule has 1 N–H and O–H groups in total. The number of piperidine rings is 1. The van der Waals surface area contributed by atoms with Crippen LogP contribution in [0.3, 0.4) is 0 Å². The van der Waals surface area contributed by atoms with Crippen LogP contribution in [0.2, 0.25) is 0 Å². The summed E-state index contributed by atoms with van der Waals surface area (Å²) in [6.45, 7) is 3.38. The smallest absolute Gasteiger partial charge is 0.112 e. The minimum atomic E-state index is -0.0116. The van der Waals surface area contributed by atoms with E-state index in [1.54, 1.807) is 0 Å². The van der Waals surface area contributed by atoms with Crippen LogP contribution in [0.5, 0.6) is 0 Å². The lowest BCUT2D eigenvalue weighted by Gasteiger charge is -2.30. The van der Waals surface area contributed by atoms with Gasteiger partial charge in [0, 0.05) is 25.6 Å². The van der Waals surface area contributed by atoms with Gasteiger partial charge in [-0.25, -0.2) is 0 Å². The van der Waals surface area contributed by atoms with Gasteiger partial charge in [-0.05, 0) is 5.56 Å². The number of hydrogen-bond acceptors (Lipinski definition) is 4. The molecule has 0 saturated carbocycles. The Morgan fingerprint density at radius 1 is 1.29 bits per heavy atom. The van der Waals surface area contributed by atoms with Gasteiger partial charge in [0.1, 0.15) is 6.10 Å². The van der Waals surface area contributed by atoms with Gasteiger partial charge in [-0.2, -0.15) is 0 Å². The summed E-state index contributed by atoms with van der Waals surface area (Å²) in [5.74, 6) is 0.266. The fraction of sp³-hybridized carbons (Fsp3) is 0.462. The van der Waals surface area contributed by atoms with E-state index < -0.39 is 0 Å². The number of oxime groups is 1. The number of fused-ring (bicyclic) bond motifs is 2. The van der Waals surface area contributed by atoms with Gasteiger partial charge in [0.05, 0.1) is 12.3 Å². The molecule has 4 nitrogen and oxygen atoms in total. The van der Waals surface area contributed by atoms with Crippen LogP contribution in [0.4, 0.5) is 0 Å². The van der Waals surface area contributed by atoms with Crippen molar-refractivity contribution in [2.45, 2.75) is 12.6 Å². The average Bonchev–Trinajstić information content (AvgIpc) is 2.61. The fourth-order valence-corrected chi connectivity index (χ4v) is 2.70. The van der Waals surface area contributed by atoms with Gasteiger partial charge in [0.2, 0.25) is 0 Å². The predicted octanol–water partition coefficient (Wildman–Crippen LogP) is 1.35. The van der Waals surface area contributed by atoms with E-state index in [9.17, 15) is 0 Å². The van der Waals surface area contributed by atoms with E-state index in [-0.39, 0.29) is 12.0 Å². The van der Waals surface area contributed by atoms with Gasteiger partial charge in [-0.15, -0.1) is 0 Å². The van der Waals surface area contributed by atoms with Gasteiger partial charge >= 0.3 is 0 Å². The molecule has 2 heterocycles. The first-order valence-electron chi connectivity index (χ1n) is 5.96. The van der Waals surface area contributed by atoms with E-state index in [2.05, 4.69) is 34.3 Å². The predicted molar refractivity (Wildman–Crippen MR) is 64.2 cm³/mol. The van der Waals surface area contributed by atoms with Gasteiger partial charge in [0.15, 0.2) is 0 Å². The fourth-order valence-electron chi connectivity index (χ4n) is 2.70. The maximum absolute atomic E-state index is 8.94. The summed E-state index contributed by atoms with van der Waals surface area (Å²) < 4.78 is 5.62. The molecule has 17 heavy (non-hydrogen) atoms. The third-order valence-corrected chi connectivity index (χ3v) is 3.51. The Labute approximate surface area is 100 Å². The van der Waals surface area contributed by atoms with Crippen LogP contribution in [0, 0.1) is 5.92 Å². The van der Waals surface area contributed by atoms with Gasteiger partial charge in [-0.3, -0.25) is 4.90 Å². The van der Waals surface area contributed by atoms with Crippen molar-refractivity contribution in [1.82, 2.24) is 4.90 Å². The Hall–Kier alpha value is -1.39. The maximum Gasteiger partial charge on any atom is 0.112 e. The molecule has 3 rings (SSSR count). The van der Waals surface area contributed by atoms with Gasteiger partial charge in [0.25, 0.3) is 0 Å². The lowest BCUT2D eigenvalue weighted by Crippen LogP contribution is -2.45. The average molecular weight is 232 g/mol. The Kier molecular flexibility index (Phi) is 2.82. The standard InChI is InChI=1S/C13H16N2O2/c16-14-13-11-7-15(8-12(13)17-9-11)6-10-4-2-1-3-5-10/h1-5,11-12,16H,6-9H2. The molecule has 1 aromatic carbocycles. The molecule has 0 aliphatic carbocycles. The van der Waals surface area contributed by atoms with Crippen molar-refractivity contribution in [3.05, 3.63) is 35.9 Å². The summed E-state index contributed by atoms with van der Waals surface area (Å²) >= 11 is 0. The van der Waals surface area contributed by atoms with Crippen LogP contribution < -0.4 is 0 Å². The van der Waals surface area contributed by atoms with Crippen molar-refractivity contribution >= 4 is 5.71 Å². The van der Waals surface area contributed by atoms with E-state index in [0.717, 1.165) is 25.3 Å². The Bertz CT molecular complexity index is 403. The number of hydrogen-bond donors (Lipinski definition) is 1. The third kappa shape index (κ3) is 2.06. The highest BCUT2D eigenvalue weighted by Crippen LogP contribution is 2.25. The minimum absolute atomic E-state index is 0.0116. The zero-order chi connectivity index (χ0) is 11.7. The molecule has 2 bridgehead atoms. The molecule has 0 spiro atoms. The number of benzene rings is 1. The van der Waals surface area contributed by atoms with Crippen molar-refractivity contribution in [1.29, 1.82) is 0 Å². The number of likely N-dealkylation sites (tertiary alicyclic amines) is 1. The second-order valence-electron chi connectivity index (χ2n) is 4.72. The molecule has 4 heteroatoms. The first kappa shape index (κ1) is 10.7. The SMILES string of the molecule is ON=C1C2COC1CN(Cc1ccccc1)C2. The van der Waals surface area contributed by atoms with E-state index in [1.807, 2.05) is 6.07 Å². The molecule has 90 valence electrons. The van der Waals surface area contributed by atoms with Gasteiger partial charge < -0.3 is 9.94 Å². The van der Waals surface area contributed by atoms with Crippen LogP contribution in [0.25, 0.3) is 0 Å². The molecule has 1 aromatic rings. The highest BCUT2D eigenvalue weighted by Gasteiger charge is 2.40. The van der Waals surface area contributed by atoms with Crippen molar-refractivity contribution in [2.75, 3.05) is 19.7 Å². The highest BCUT2D eigenvalue weighted by atomic mass is 16.5.